The largest absolute Gasteiger partial charge is 0.497 e. The third-order valence-corrected chi connectivity index (χ3v) is 7.01. The van der Waals surface area contributed by atoms with Gasteiger partial charge in [0.25, 0.3) is 5.91 Å². The van der Waals surface area contributed by atoms with Crippen molar-refractivity contribution in [1.29, 1.82) is 0 Å². The first-order chi connectivity index (χ1) is 20.3. The van der Waals surface area contributed by atoms with Crippen LogP contribution in [0.25, 0.3) is 28.1 Å². The molecule has 42 heavy (non-hydrogen) atoms. The number of benzene rings is 4. The molecule has 212 valence electrons. The lowest BCUT2D eigenvalue weighted by molar-refractivity contribution is -0.132. The van der Waals surface area contributed by atoms with Crippen molar-refractivity contribution >= 4 is 17.6 Å². The van der Waals surface area contributed by atoms with Crippen LogP contribution in [0.5, 0.6) is 17.4 Å². The monoisotopic (exact) mass is 561 g/mol. The van der Waals surface area contributed by atoms with Crippen LogP contribution in [0.15, 0.2) is 91.0 Å². The van der Waals surface area contributed by atoms with Crippen LogP contribution in [-0.2, 0) is 4.79 Å². The SMILES string of the molecule is COc1ccc(C(=O)Nc2ccc(-c3c(-c4cccc(OC)c4)nn(-c4cccc(C)c4C)c3OC(C)=O)cc2)cc1. The van der Waals surface area contributed by atoms with Gasteiger partial charge in [-0.15, -0.1) is 0 Å². The van der Waals surface area contributed by atoms with E-state index < -0.39 is 5.97 Å². The Kier molecular flexibility index (Phi) is 8.06. The van der Waals surface area contributed by atoms with Crippen LogP contribution in [0, 0.1) is 13.8 Å². The molecule has 0 spiro atoms. The maximum Gasteiger partial charge on any atom is 0.309 e. The third kappa shape index (κ3) is 5.74. The van der Waals surface area contributed by atoms with Crippen LogP contribution in [0.4, 0.5) is 5.69 Å². The first kappa shape index (κ1) is 28.2. The first-order valence-corrected chi connectivity index (χ1v) is 13.4. The number of nitrogens with one attached hydrogen (secondary N) is 1. The van der Waals surface area contributed by atoms with Crippen molar-refractivity contribution in [1.82, 2.24) is 9.78 Å². The van der Waals surface area contributed by atoms with E-state index in [1.54, 1.807) is 55.3 Å². The zero-order valence-electron chi connectivity index (χ0n) is 24.1. The number of ether oxygens (including phenoxy) is 3. The molecular formula is C34H31N3O5. The lowest BCUT2D eigenvalue weighted by Crippen LogP contribution is -2.11. The number of carbonyl (C=O) groups excluding carboxylic acids is 2. The highest BCUT2D eigenvalue weighted by Crippen LogP contribution is 2.42. The fourth-order valence-corrected chi connectivity index (χ4v) is 4.66. The Balaban J connectivity index is 1.62. The van der Waals surface area contributed by atoms with Gasteiger partial charge in [0.15, 0.2) is 0 Å². The molecule has 0 saturated carbocycles. The molecule has 1 aromatic heterocycles. The van der Waals surface area contributed by atoms with E-state index in [9.17, 15) is 9.59 Å². The van der Waals surface area contributed by atoms with E-state index in [4.69, 9.17) is 19.3 Å². The minimum Gasteiger partial charge on any atom is -0.497 e. The molecule has 0 aliphatic carbocycles. The highest BCUT2D eigenvalue weighted by Gasteiger charge is 2.26. The Bertz CT molecular complexity index is 1760. The van der Waals surface area contributed by atoms with Crippen molar-refractivity contribution in [2.45, 2.75) is 20.8 Å². The predicted molar refractivity (Wildman–Crippen MR) is 163 cm³/mol. The van der Waals surface area contributed by atoms with Crippen LogP contribution >= 0.6 is 0 Å². The highest BCUT2D eigenvalue weighted by molar-refractivity contribution is 6.04. The summed E-state index contributed by atoms with van der Waals surface area (Å²) in [6.45, 7) is 5.40. The normalized spacial score (nSPS) is 10.7. The summed E-state index contributed by atoms with van der Waals surface area (Å²) in [6, 6.07) is 27.7. The molecule has 8 heteroatoms. The minimum absolute atomic E-state index is 0.245. The highest BCUT2D eigenvalue weighted by atomic mass is 16.5. The Labute approximate surface area is 244 Å². The van der Waals surface area contributed by atoms with Gasteiger partial charge in [0, 0.05) is 23.7 Å². The molecule has 0 atom stereocenters. The van der Waals surface area contributed by atoms with Gasteiger partial charge in [-0.2, -0.15) is 9.78 Å². The number of esters is 1. The molecule has 5 rings (SSSR count). The smallest absolute Gasteiger partial charge is 0.309 e. The summed E-state index contributed by atoms with van der Waals surface area (Å²) >= 11 is 0. The second-order valence-electron chi connectivity index (χ2n) is 9.75. The molecule has 0 aliphatic heterocycles. The molecule has 0 saturated heterocycles. The van der Waals surface area contributed by atoms with Gasteiger partial charge in [0.05, 0.1) is 25.5 Å². The fourth-order valence-electron chi connectivity index (χ4n) is 4.66. The summed E-state index contributed by atoms with van der Waals surface area (Å²) in [5.74, 6) is 0.927. The molecule has 1 amide bonds. The summed E-state index contributed by atoms with van der Waals surface area (Å²) in [7, 11) is 3.19. The number of aromatic nitrogens is 2. The maximum absolute atomic E-state index is 12.8. The van der Waals surface area contributed by atoms with E-state index in [0.29, 0.717) is 39.9 Å². The summed E-state index contributed by atoms with van der Waals surface area (Å²) in [5.41, 5.74) is 6.79. The maximum atomic E-state index is 12.8. The van der Waals surface area contributed by atoms with Gasteiger partial charge in [-0.3, -0.25) is 9.59 Å². The summed E-state index contributed by atoms with van der Waals surface area (Å²) in [4.78, 5) is 25.2. The fraction of sp³-hybridized carbons (Fsp3) is 0.147. The van der Waals surface area contributed by atoms with E-state index in [1.807, 2.05) is 68.4 Å². The van der Waals surface area contributed by atoms with Crippen LogP contribution in [0.3, 0.4) is 0 Å². The number of rotatable bonds is 8. The number of hydrogen-bond donors (Lipinski definition) is 1. The molecule has 0 fully saturated rings. The summed E-state index contributed by atoms with van der Waals surface area (Å²) in [5, 5.41) is 7.91. The quantitative estimate of drug-likeness (QED) is 0.205. The van der Waals surface area contributed by atoms with Gasteiger partial charge in [0.2, 0.25) is 5.88 Å². The van der Waals surface area contributed by atoms with E-state index in [1.165, 1.54) is 6.92 Å². The Hall–Kier alpha value is -5.37. The summed E-state index contributed by atoms with van der Waals surface area (Å²) < 4.78 is 18.2. The number of nitrogens with zero attached hydrogens (tertiary/aromatic N) is 2. The topological polar surface area (TPSA) is 91.7 Å². The number of aryl methyl sites for hydroxylation is 1. The van der Waals surface area contributed by atoms with E-state index >= 15 is 0 Å². The van der Waals surface area contributed by atoms with Crippen molar-refractivity contribution in [3.8, 4) is 45.5 Å². The Morgan fingerprint density at radius 3 is 2.14 bits per heavy atom. The van der Waals surface area contributed by atoms with E-state index in [-0.39, 0.29) is 5.91 Å². The molecule has 5 aromatic rings. The van der Waals surface area contributed by atoms with Crippen molar-refractivity contribution in [2.24, 2.45) is 0 Å². The molecule has 0 aliphatic rings. The van der Waals surface area contributed by atoms with Gasteiger partial charge in [-0.05, 0) is 85.1 Å². The molecule has 1 heterocycles. The minimum atomic E-state index is -0.469. The van der Waals surface area contributed by atoms with Crippen LogP contribution in [0.1, 0.15) is 28.4 Å². The molecule has 8 nitrogen and oxygen atoms in total. The van der Waals surface area contributed by atoms with Gasteiger partial charge in [-0.1, -0.05) is 36.4 Å². The number of anilines is 1. The standard InChI is InChI=1S/C34H31N3O5/c1-21-8-6-11-30(22(21)2)37-34(42-23(3)38)31(32(36-37)26-9-7-10-29(20-26)41-5)24-12-16-27(17-13-24)35-33(39)25-14-18-28(40-4)19-15-25/h6-20H,1-5H3,(H,35,39). The first-order valence-electron chi connectivity index (χ1n) is 13.4. The van der Waals surface area contributed by atoms with Crippen molar-refractivity contribution in [3.63, 3.8) is 0 Å². The number of methoxy groups -OCH3 is 2. The van der Waals surface area contributed by atoms with Crippen molar-refractivity contribution in [2.75, 3.05) is 19.5 Å². The molecule has 1 N–H and O–H groups in total. The number of carbonyl (C=O) groups is 2. The van der Waals surface area contributed by atoms with Gasteiger partial charge < -0.3 is 19.5 Å². The number of hydrogen-bond acceptors (Lipinski definition) is 6. The van der Waals surface area contributed by atoms with E-state index in [2.05, 4.69) is 5.32 Å². The molecular weight excluding hydrogens is 530 g/mol. The average molecular weight is 562 g/mol. The van der Waals surface area contributed by atoms with Crippen molar-refractivity contribution < 1.29 is 23.8 Å². The summed E-state index contributed by atoms with van der Waals surface area (Å²) in [6.07, 6.45) is 0. The van der Waals surface area contributed by atoms with Crippen molar-refractivity contribution in [3.05, 3.63) is 108 Å². The van der Waals surface area contributed by atoms with Crippen LogP contribution in [-0.4, -0.2) is 35.9 Å². The lowest BCUT2D eigenvalue weighted by atomic mass is 10.0. The molecule has 4 aromatic carbocycles. The second kappa shape index (κ2) is 12.0. The Morgan fingerprint density at radius 2 is 1.48 bits per heavy atom. The molecule has 0 bridgehead atoms. The average Bonchev–Trinajstić information content (AvgIpc) is 3.37. The van der Waals surface area contributed by atoms with Gasteiger partial charge >= 0.3 is 5.97 Å². The Morgan fingerprint density at radius 1 is 0.786 bits per heavy atom. The molecule has 0 unspecified atom stereocenters. The number of amides is 1. The predicted octanol–water partition coefficient (Wildman–Crippen LogP) is 7.02. The van der Waals surface area contributed by atoms with Crippen LogP contribution in [0.2, 0.25) is 0 Å². The zero-order chi connectivity index (χ0) is 29.8. The lowest BCUT2D eigenvalue weighted by Gasteiger charge is -2.13. The van der Waals surface area contributed by atoms with Gasteiger partial charge in [0.1, 0.15) is 17.2 Å². The van der Waals surface area contributed by atoms with Crippen LogP contribution < -0.4 is 19.5 Å². The second-order valence-corrected chi connectivity index (χ2v) is 9.75. The third-order valence-electron chi connectivity index (χ3n) is 7.01. The van der Waals surface area contributed by atoms with E-state index in [0.717, 1.165) is 27.9 Å². The van der Waals surface area contributed by atoms with Gasteiger partial charge in [-0.25, -0.2) is 0 Å². The zero-order valence-corrected chi connectivity index (χ0v) is 24.1. The molecule has 0 radical (unpaired) electrons.